The van der Waals surface area contributed by atoms with Crippen molar-refractivity contribution in [2.75, 3.05) is 59.5 Å². The monoisotopic (exact) mass is 297 g/mol. The summed E-state index contributed by atoms with van der Waals surface area (Å²) in [5, 5.41) is 3.15. The van der Waals surface area contributed by atoms with E-state index in [-0.39, 0.29) is 11.3 Å². The average Bonchev–Trinajstić information content (AvgIpc) is 2.95. The van der Waals surface area contributed by atoms with Crippen LogP contribution in [0.2, 0.25) is 0 Å². The Hall–Kier alpha value is -0.650. The highest BCUT2D eigenvalue weighted by molar-refractivity contribution is 5.78. The Bertz CT molecular complexity index is 321. The summed E-state index contributed by atoms with van der Waals surface area (Å²) in [7, 11) is 1.76. The summed E-state index contributed by atoms with van der Waals surface area (Å²) < 4.78 is 5.37. The Morgan fingerprint density at radius 3 is 2.33 bits per heavy atom. The van der Waals surface area contributed by atoms with Gasteiger partial charge in [-0.05, 0) is 19.4 Å². The predicted octanol–water partition coefficient (Wildman–Crippen LogP) is 0.947. The van der Waals surface area contributed by atoms with Crippen molar-refractivity contribution in [3.05, 3.63) is 0 Å². The molecular weight excluding hydrogens is 266 g/mol. The molecule has 21 heavy (non-hydrogen) atoms. The lowest BCUT2D eigenvalue weighted by atomic mass is 9.87. The summed E-state index contributed by atoms with van der Waals surface area (Å²) in [5.74, 6) is 0.169. The lowest BCUT2D eigenvalue weighted by Crippen LogP contribution is -2.50. The lowest BCUT2D eigenvalue weighted by Gasteiger charge is -2.34. The number of ether oxygens (including phenoxy) is 1. The number of rotatable bonds is 7. The maximum Gasteiger partial charge on any atom is 0.234 e. The van der Waals surface area contributed by atoms with Crippen molar-refractivity contribution in [3.63, 3.8) is 0 Å². The Morgan fingerprint density at radius 1 is 1.14 bits per heavy atom. The number of nitrogens with zero attached hydrogens (tertiary/aromatic N) is 2. The van der Waals surface area contributed by atoms with Crippen molar-refractivity contribution in [1.29, 1.82) is 0 Å². The molecular formula is C16H31N3O2. The van der Waals surface area contributed by atoms with Gasteiger partial charge in [0.1, 0.15) is 0 Å². The summed E-state index contributed by atoms with van der Waals surface area (Å²) in [6, 6.07) is 0. The number of hydrogen-bond acceptors (Lipinski definition) is 4. The normalized spacial score (nSPS) is 23.3. The number of carbonyl (C=O) groups excluding carboxylic acids is 1. The summed E-state index contributed by atoms with van der Waals surface area (Å²) >= 11 is 0. The first-order chi connectivity index (χ1) is 10.2. The molecule has 2 fully saturated rings. The molecule has 122 valence electrons. The maximum atomic E-state index is 12.2. The van der Waals surface area contributed by atoms with Crippen LogP contribution in [0.3, 0.4) is 0 Å². The Kier molecular flexibility index (Phi) is 6.45. The van der Waals surface area contributed by atoms with Crippen LogP contribution in [0.15, 0.2) is 0 Å². The first-order valence-corrected chi connectivity index (χ1v) is 8.38. The molecule has 1 N–H and O–H groups in total. The smallest absolute Gasteiger partial charge is 0.234 e. The molecule has 1 aliphatic carbocycles. The zero-order valence-corrected chi connectivity index (χ0v) is 13.7. The van der Waals surface area contributed by atoms with Crippen molar-refractivity contribution in [3.8, 4) is 0 Å². The van der Waals surface area contributed by atoms with Gasteiger partial charge < -0.3 is 15.0 Å². The molecule has 0 unspecified atom stereocenters. The topological polar surface area (TPSA) is 44.8 Å². The largest absolute Gasteiger partial charge is 0.384 e. The highest BCUT2D eigenvalue weighted by atomic mass is 16.5. The molecule has 1 heterocycles. The number of piperazine rings is 1. The van der Waals surface area contributed by atoms with Crippen molar-refractivity contribution in [1.82, 2.24) is 15.1 Å². The van der Waals surface area contributed by atoms with Gasteiger partial charge in [-0.1, -0.05) is 19.8 Å². The number of amides is 1. The maximum absolute atomic E-state index is 12.2. The summed E-state index contributed by atoms with van der Waals surface area (Å²) in [6.45, 7) is 9.56. The van der Waals surface area contributed by atoms with Gasteiger partial charge in [0, 0.05) is 45.2 Å². The van der Waals surface area contributed by atoms with Crippen molar-refractivity contribution in [2.45, 2.75) is 32.6 Å². The summed E-state index contributed by atoms with van der Waals surface area (Å²) in [6.07, 6.45) is 4.88. The van der Waals surface area contributed by atoms with Gasteiger partial charge in [-0.2, -0.15) is 0 Å². The van der Waals surface area contributed by atoms with Crippen LogP contribution in [0.4, 0.5) is 0 Å². The minimum absolute atomic E-state index is 0.169. The quantitative estimate of drug-likeness (QED) is 0.760. The van der Waals surface area contributed by atoms with Gasteiger partial charge in [-0.25, -0.2) is 0 Å². The van der Waals surface area contributed by atoms with Gasteiger partial charge in [-0.15, -0.1) is 0 Å². The van der Waals surface area contributed by atoms with Crippen molar-refractivity contribution in [2.24, 2.45) is 5.41 Å². The zero-order valence-electron chi connectivity index (χ0n) is 13.7. The fourth-order valence-electron chi connectivity index (χ4n) is 3.61. The van der Waals surface area contributed by atoms with Gasteiger partial charge in [0.2, 0.25) is 5.91 Å². The Morgan fingerprint density at radius 2 is 1.76 bits per heavy atom. The highest BCUT2D eigenvalue weighted by Gasteiger charge is 2.34. The van der Waals surface area contributed by atoms with E-state index in [0.29, 0.717) is 6.54 Å². The molecule has 5 nitrogen and oxygen atoms in total. The first-order valence-electron chi connectivity index (χ1n) is 8.38. The predicted molar refractivity (Wildman–Crippen MR) is 84.3 cm³/mol. The van der Waals surface area contributed by atoms with Gasteiger partial charge >= 0.3 is 0 Å². The average molecular weight is 297 g/mol. The Balaban J connectivity index is 1.69. The van der Waals surface area contributed by atoms with Crippen LogP contribution in [0.5, 0.6) is 0 Å². The molecule has 1 saturated carbocycles. The molecule has 0 bridgehead atoms. The van der Waals surface area contributed by atoms with E-state index < -0.39 is 0 Å². The minimum Gasteiger partial charge on any atom is -0.384 e. The van der Waals surface area contributed by atoms with E-state index in [1.807, 2.05) is 0 Å². The fraction of sp³-hybridized carbons (Fsp3) is 0.938. The van der Waals surface area contributed by atoms with Gasteiger partial charge in [0.05, 0.1) is 13.2 Å². The van der Waals surface area contributed by atoms with Crippen LogP contribution in [-0.2, 0) is 9.53 Å². The number of methoxy groups -OCH3 is 1. The zero-order chi connectivity index (χ0) is 15.1. The second-order valence-electron chi connectivity index (χ2n) is 6.63. The van der Waals surface area contributed by atoms with E-state index in [0.717, 1.165) is 45.9 Å². The van der Waals surface area contributed by atoms with Gasteiger partial charge in [0.25, 0.3) is 0 Å². The molecule has 0 aromatic rings. The van der Waals surface area contributed by atoms with Crippen LogP contribution < -0.4 is 5.32 Å². The van der Waals surface area contributed by atoms with E-state index in [2.05, 4.69) is 22.0 Å². The standard InChI is InChI=1S/C16H31N3O2/c1-3-18-8-10-19(11-9-18)12-15(20)17-13-16(14-21-2)6-4-5-7-16/h3-14H2,1-2H3,(H,17,20). The molecule has 0 spiro atoms. The number of hydrogen-bond donors (Lipinski definition) is 1. The third-order valence-electron chi connectivity index (χ3n) is 5.05. The molecule has 5 heteroatoms. The lowest BCUT2D eigenvalue weighted by molar-refractivity contribution is -0.123. The Labute approximate surface area is 129 Å². The van der Waals surface area contributed by atoms with Crippen LogP contribution in [0, 0.1) is 5.41 Å². The molecule has 0 aromatic heterocycles. The second kappa shape index (κ2) is 8.11. The SMILES string of the molecule is CCN1CCN(CC(=O)NCC2(COC)CCCC2)CC1. The molecule has 2 rings (SSSR count). The van der Waals surface area contributed by atoms with Gasteiger partial charge in [-0.3, -0.25) is 9.69 Å². The molecule has 1 amide bonds. The minimum atomic E-state index is 0.169. The van der Waals surface area contributed by atoms with E-state index in [1.54, 1.807) is 7.11 Å². The third kappa shape index (κ3) is 4.94. The van der Waals surface area contributed by atoms with Crippen molar-refractivity contribution >= 4 is 5.91 Å². The molecule has 0 atom stereocenters. The van der Waals surface area contributed by atoms with Crippen LogP contribution in [0.25, 0.3) is 0 Å². The first kappa shape index (κ1) is 16.7. The molecule has 0 aromatic carbocycles. The molecule has 1 aliphatic heterocycles. The van der Waals surface area contributed by atoms with E-state index in [9.17, 15) is 4.79 Å². The van der Waals surface area contributed by atoms with Gasteiger partial charge in [0.15, 0.2) is 0 Å². The number of carbonyl (C=O) groups is 1. The third-order valence-corrected chi connectivity index (χ3v) is 5.05. The van der Waals surface area contributed by atoms with Crippen molar-refractivity contribution < 1.29 is 9.53 Å². The summed E-state index contributed by atoms with van der Waals surface area (Å²) in [4.78, 5) is 16.9. The highest BCUT2D eigenvalue weighted by Crippen LogP contribution is 2.37. The van der Waals surface area contributed by atoms with Crippen LogP contribution >= 0.6 is 0 Å². The number of likely N-dealkylation sites (N-methyl/N-ethyl adjacent to an activating group) is 1. The van der Waals surface area contributed by atoms with Crippen LogP contribution in [-0.4, -0.2) is 75.2 Å². The van der Waals surface area contributed by atoms with E-state index >= 15 is 0 Å². The fourth-order valence-corrected chi connectivity index (χ4v) is 3.61. The number of nitrogens with one attached hydrogen (secondary N) is 1. The van der Waals surface area contributed by atoms with E-state index in [4.69, 9.17) is 4.74 Å². The summed E-state index contributed by atoms with van der Waals surface area (Å²) in [5.41, 5.74) is 0.186. The molecule has 1 saturated heterocycles. The molecule has 2 aliphatic rings. The van der Waals surface area contributed by atoms with Crippen LogP contribution in [0.1, 0.15) is 32.6 Å². The van der Waals surface area contributed by atoms with E-state index in [1.165, 1.54) is 25.7 Å². The molecule has 0 radical (unpaired) electrons. The second-order valence-corrected chi connectivity index (χ2v) is 6.63.